The number of likely N-dealkylation sites (tertiary alicyclic amines) is 1. The highest BCUT2D eigenvalue weighted by Gasteiger charge is 2.59. The molecule has 3 rings (SSSR count). The van der Waals surface area contributed by atoms with Crippen molar-refractivity contribution < 1.29 is 18.7 Å². The summed E-state index contributed by atoms with van der Waals surface area (Å²) in [6, 6.07) is 9.53. The fraction of sp³-hybridized carbons (Fsp3) is 0.474. The van der Waals surface area contributed by atoms with Crippen molar-refractivity contribution in [3.8, 4) is 0 Å². The minimum Gasteiger partial charge on any atom is -0.466 e. The number of halogens is 1. The highest BCUT2D eigenvalue weighted by Crippen LogP contribution is 2.52. The van der Waals surface area contributed by atoms with Gasteiger partial charge in [-0.3, -0.25) is 9.59 Å². The van der Waals surface area contributed by atoms with Gasteiger partial charge in [0.1, 0.15) is 0 Å². The Morgan fingerprint density at radius 2 is 2.08 bits per heavy atom. The molecule has 1 aromatic carbocycles. The Hall–Kier alpha value is -2.17. The van der Waals surface area contributed by atoms with Crippen molar-refractivity contribution in [2.24, 2.45) is 11.3 Å². The van der Waals surface area contributed by atoms with Gasteiger partial charge in [-0.15, -0.1) is 0 Å². The number of amides is 1. The third-order valence-corrected chi connectivity index (χ3v) is 5.15. The molecule has 24 heavy (non-hydrogen) atoms. The number of rotatable bonds is 5. The molecule has 1 heterocycles. The minimum atomic E-state index is -1.64. The third-order valence-electron chi connectivity index (χ3n) is 5.15. The molecule has 0 radical (unpaired) electrons. The van der Waals surface area contributed by atoms with Crippen LogP contribution < -0.4 is 0 Å². The Balaban J connectivity index is 1.76. The molecule has 1 saturated heterocycles. The molecule has 1 aliphatic carbocycles. The van der Waals surface area contributed by atoms with Crippen LogP contribution in [0.25, 0.3) is 6.08 Å². The maximum absolute atomic E-state index is 14.6. The molecule has 0 aromatic heterocycles. The first-order chi connectivity index (χ1) is 11.6. The van der Waals surface area contributed by atoms with Crippen LogP contribution in [0.15, 0.2) is 36.5 Å². The molecule has 0 N–H and O–H groups in total. The van der Waals surface area contributed by atoms with E-state index in [1.165, 1.54) is 4.90 Å². The molecule has 1 aromatic rings. The molecule has 2 fully saturated rings. The van der Waals surface area contributed by atoms with Crippen LogP contribution >= 0.6 is 0 Å². The second-order valence-electron chi connectivity index (χ2n) is 6.46. The van der Waals surface area contributed by atoms with Crippen LogP contribution in [0.4, 0.5) is 4.39 Å². The van der Waals surface area contributed by atoms with Crippen molar-refractivity contribution in [2.75, 3.05) is 13.2 Å². The molecule has 128 valence electrons. The molecule has 0 spiro atoms. The molecule has 4 nitrogen and oxygen atoms in total. The quantitative estimate of drug-likeness (QED) is 0.779. The molecular weight excluding hydrogens is 309 g/mol. The minimum absolute atomic E-state index is 0.224. The zero-order valence-corrected chi connectivity index (χ0v) is 13.8. The van der Waals surface area contributed by atoms with Gasteiger partial charge in [-0.2, -0.15) is 0 Å². The first-order valence-corrected chi connectivity index (χ1v) is 8.43. The number of ether oxygens (including phenoxy) is 1. The van der Waals surface area contributed by atoms with Crippen LogP contribution in [0, 0.1) is 11.3 Å². The Morgan fingerprint density at radius 3 is 2.67 bits per heavy atom. The summed E-state index contributed by atoms with van der Waals surface area (Å²) < 4.78 is 19.8. The maximum Gasteiger partial charge on any atom is 0.312 e. The van der Waals surface area contributed by atoms with Gasteiger partial charge in [-0.05, 0) is 31.4 Å². The van der Waals surface area contributed by atoms with Crippen LogP contribution in [-0.4, -0.2) is 36.1 Å². The van der Waals surface area contributed by atoms with Crippen molar-refractivity contribution >= 4 is 18.0 Å². The monoisotopic (exact) mass is 331 g/mol. The Labute approximate surface area is 141 Å². The van der Waals surface area contributed by atoms with Crippen molar-refractivity contribution in [3.05, 3.63) is 42.1 Å². The highest BCUT2D eigenvalue weighted by atomic mass is 19.1. The molecule has 0 bridgehead atoms. The van der Waals surface area contributed by atoms with E-state index in [9.17, 15) is 14.0 Å². The number of benzene rings is 1. The van der Waals surface area contributed by atoms with Gasteiger partial charge in [0.05, 0.1) is 12.0 Å². The van der Waals surface area contributed by atoms with E-state index in [4.69, 9.17) is 4.74 Å². The van der Waals surface area contributed by atoms with Gasteiger partial charge in [-0.25, -0.2) is 4.39 Å². The summed E-state index contributed by atoms with van der Waals surface area (Å²) in [6.07, 6.45) is 3.82. The predicted octanol–water partition coefficient (Wildman–Crippen LogP) is 3.19. The van der Waals surface area contributed by atoms with E-state index in [2.05, 4.69) is 0 Å². The molecule has 2 atom stereocenters. The smallest absolute Gasteiger partial charge is 0.312 e. The summed E-state index contributed by atoms with van der Waals surface area (Å²) in [6.45, 7) is 2.24. The number of carbonyl (C=O) groups excluding carboxylic acids is 2. The lowest BCUT2D eigenvalue weighted by Gasteiger charge is -2.43. The van der Waals surface area contributed by atoms with E-state index in [0.29, 0.717) is 12.8 Å². The average Bonchev–Trinajstić information content (AvgIpc) is 2.82. The number of nitrogens with zero attached hydrogens (tertiary/aromatic N) is 1. The number of hydrogen-bond acceptors (Lipinski definition) is 3. The highest BCUT2D eigenvalue weighted by molar-refractivity contribution is 5.88. The second-order valence-corrected chi connectivity index (χ2v) is 6.46. The first kappa shape index (κ1) is 16.7. The van der Waals surface area contributed by atoms with Gasteiger partial charge in [0.25, 0.3) is 5.91 Å². The standard InChI is InChI=1S/C19H22FNO3/c1-2-24-18(23)19(10-6-11-19)15-13-21(17(22)16(15)20)12-9-14-7-4-3-5-8-14/h3-5,7-9,12,15-16H,2,6,10-11,13H2,1H3/t15-,16?/m0/s1. The Morgan fingerprint density at radius 1 is 1.38 bits per heavy atom. The van der Waals surface area contributed by atoms with Gasteiger partial charge in [0.2, 0.25) is 0 Å². The van der Waals surface area contributed by atoms with Crippen LogP contribution in [0.5, 0.6) is 0 Å². The predicted molar refractivity (Wildman–Crippen MR) is 88.5 cm³/mol. The number of carbonyl (C=O) groups is 2. The summed E-state index contributed by atoms with van der Waals surface area (Å²) in [5.74, 6) is -1.55. The fourth-order valence-electron chi connectivity index (χ4n) is 3.61. The van der Waals surface area contributed by atoms with E-state index in [1.54, 1.807) is 19.2 Å². The van der Waals surface area contributed by atoms with Gasteiger partial charge in [-0.1, -0.05) is 36.8 Å². The topological polar surface area (TPSA) is 46.6 Å². The molecular formula is C19H22FNO3. The molecule has 1 aliphatic heterocycles. The van der Waals surface area contributed by atoms with Gasteiger partial charge in [0, 0.05) is 18.7 Å². The Bertz CT molecular complexity index is 639. The normalized spacial score (nSPS) is 25.8. The lowest BCUT2D eigenvalue weighted by molar-refractivity contribution is -0.168. The summed E-state index contributed by atoms with van der Waals surface area (Å²) in [4.78, 5) is 26.0. The van der Waals surface area contributed by atoms with Crippen molar-refractivity contribution in [2.45, 2.75) is 32.4 Å². The second kappa shape index (κ2) is 6.75. The summed E-state index contributed by atoms with van der Waals surface area (Å²) in [5.41, 5.74) is 0.105. The summed E-state index contributed by atoms with van der Waals surface area (Å²) in [7, 11) is 0. The SMILES string of the molecule is CCOC(=O)C1([C@H]2CN(C=Cc3ccccc3)C(=O)C2F)CCC1. The third kappa shape index (κ3) is 2.83. The first-order valence-electron chi connectivity index (χ1n) is 8.43. The molecule has 1 amide bonds. The lowest BCUT2D eigenvalue weighted by atomic mass is 9.60. The molecule has 2 aliphatic rings. The molecule has 1 unspecified atom stereocenters. The summed E-state index contributed by atoms with van der Waals surface area (Å²) >= 11 is 0. The van der Waals surface area contributed by atoms with E-state index in [1.807, 2.05) is 30.3 Å². The van der Waals surface area contributed by atoms with E-state index in [0.717, 1.165) is 12.0 Å². The Kier molecular flexibility index (Phi) is 4.69. The molecule has 5 heteroatoms. The van der Waals surface area contributed by atoms with Crippen molar-refractivity contribution in [1.82, 2.24) is 4.90 Å². The summed E-state index contributed by atoms with van der Waals surface area (Å²) in [5, 5.41) is 0. The van der Waals surface area contributed by atoms with Crippen molar-refractivity contribution in [3.63, 3.8) is 0 Å². The zero-order valence-electron chi connectivity index (χ0n) is 13.8. The lowest BCUT2D eigenvalue weighted by Crippen LogP contribution is -2.49. The average molecular weight is 331 g/mol. The maximum atomic E-state index is 14.6. The van der Waals surface area contributed by atoms with Crippen LogP contribution in [0.3, 0.4) is 0 Å². The van der Waals surface area contributed by atoms with Gasteiger partial charge >= 0.3 is 5.97 Å². The van der Waals surface area contributed by atoms with Gasteiger partial charge in [0.15, 0.2) is 6.17 Å². The zero-order chi connectivity index (χ0) is 17.2. The van der Waals surface area contributed by atoms with E-state index < -0.39 is 23.4 Å². The fourth-order valence-corrected chi connectivity index (χ4v) is 3.61. The van der Waals surface area contributed by atoms with E-state index >= 15 is 0 Å². The number of esters is 1. The van der Waals surface area contributed by atoms with Crippen LogP contribution in [0.2, 0.25) is 0 Å². The largest absolute Gasteiger partial charge is 0.466 e. The van der Waals surface area contributed by atoms with Crippen LogP contribution in [-0.2, 0) is 14.3 Å². The van der Waals surface area contributed by atoms with Crippen LogP contribution in [0.1, 0.15) is 31.7 Å². The van der Waals surface area contributed by atoms with Gasteiger partial charge < -0.3 is 9.64 Å². The number of hydrogen-bond donors (Lipinski definition) is 0. The van der Waals surface area contributed by atoms with Crippen molar-refractivity contribution in [1.29, 1.82) is 0 Å². The number of alkyl halides is 1. The molecule has 1 saturated carbocycles. The van der Waals surface area contributed by atoms with E-state index in [-0.39, 0.29) is 19.1 Å².